The lowest BCUT2D eigenvalue weighted by Crippen LogP contribution is -2.25. The summed E-state index contributed by atoms with van der Waals surface area (Å²) >= 11 is 0. The molecule has 0 aromatic carbocycles. The van der Waals surface area contributed by atoms with E-state index in [0.29, 0.717) is 23.8 Å². The highest BCUT2D eigenvalue weighted by molar-refractivity contribution is 5.08. The number of nitrogens with zero attached hydrogens (tertiary/aromatic N) is 1. The third-order valence-corrected chi connectivity index (χ3v) is 3.60. The molecule has 0 saturated heterocycles. The Hall–Kier alpha value is -0.830. The maximum atomic E-state index is 5.67. The van der Waals surface area contributed by atoms with Crippen molar-refractivity contribution < 1.29 is 4.42 Å². The number of hydrogen-bond acceptors (Lipinski definition) is 3. The van der Waals surface area contributed by atoms with Gasteiger partial charge in [0.05, 0.1) is 12.7 Å². The standard InChI is InChI=1S/C12H20N2O/c1-12(2)6-4-3-5-9(12)10-8-14-11(7-13)15-10/h8-9H,3-7,13H2,1-2H3. The molecule has 1 atom stereocenters. The van der Waals surface area contributed by atoms with E-state index in [-0.39, 0.29) is 0 Å². The molecule has 3 heteroatoms. The minimum Gasteiger partial charge on any atom is -0.444 e. The molecule has 0 amide bonds. The summed E-state index contributed by atoms with van der Waals surface area (Å²) in [6.45, 7) is 5.04. The number of oxazole rings is 1. The summed E-state index contributed by atoms with van der Waals surface area (Å²) in [6.07, 6.45) is 6.98. The van der Waals surface area contributed by atoms with Crippen LogP contribution in [0.15, 0.2) is 10.6 Å². The molecule has 2 N–H and O–H groups in total. The molecular weight excluding hydrogens is 188 g/mol. The zero-order valence-corrected chi connectivity index (χ0v) is 9.62. The van der Waals surface area contributed by atoms with Crippen LogP contribution in [0.3, 0.4) is 0 Å². The number of nitrogens with two attached hydrogens (primary N) is 1. The second-order valence-corrected chi connectivity index (χ2v) is 5.15. The zero-order valence-electron chi connectivity index (χ0n) is 9.62. The van der Waals surface area contributed by atoms with Gasteiger partial charge >= 0.3 is 0 Å². The second kappa shape index (κ2) is 3.97. The van der Waals surface area contributed by atoms with Gasteiger partial charge in [-0.3, -0.25) is 0 Å². The molecule has 0 aliphatic heterocycles. The minimum absolute atomic E-state index is 0.337. The van der Waals surface area contributed by atoms with Gasteiger partial charge in [0, 0.05) is 5.92 Å². The first kappa shape index (κ1) is 10.7. The van der Waals surface area contributed by atoms with Gasteiger partial charge in [-0.15, -0.1) is 0 Å². The van der Waals surface area contributed by atoms with Gasteiger partial charge in [0.25, 0.3) is 0 Å². The van der Waals surface area contributed by atoms with E-state index in [1.807, 2.05) is 6.20 Å². The molecule has 84 valence electrons. The quantitative estimate of drug-likeness (QED) is 0.813. The van der Waals surface area contributed by atoms with Crippen molar-refractivity contribution >= 4 is 0 Å². The molecule has 1 heterocycles. The van der Waals surface area contributed by atoms with Crippen LogP contribution in [0.1, 0.15) is 57.1 Å². The molecule has 1 aromatic rings. The smallest absolute Gasteiger partial charge is 0.208 e. The van der Waals surface area contributed by atoms with Crippen molar-refractivity contribution in [2.75, 3.05) is 0 Å². The Bertz CT molecular complexity index is 330. The monoisotopic (exact) mass is 208 g/mol. The molecule has 1 aliphatic rings. The van der Waals surface area contributed by atoms with E-state index in [0.717, 1.165) is 5.76 Å². The van der Waals surface area contributed by atoms with Crippen molar-refractivity contribution in [1.82, 2.24) is 4.98 Å². The van der Waals surface area contributed by atoms with Crippen molar-refractivity contribution in [3.8, 4) is 0 Å². The normalized spacial score (nSPS) is 25.4. The SMILES string of the molecule is CC1(C)CCCCC1c1cnc(CN)o1. The Kier molecular flexibility index (Phi) is 2.83. The fourth-order valence-electron chi connectivity index (χ4n) is 2.60. The van der Waals surface area contributed by atoms with Gasteiger partial charge in [-0.2, -0.15) is 0 Å². The Morgan fingerprint density at radius 3 is 2.93 bits per heavy atom. The second-order valence-electron chi connectivity index (χ2n) is 5.15. The summed E-state index contributed by atoms with van der Waals surface area (Å²) in [6, 6.07) is 0. The lowest BCUT2D eigenvalue weighted by Gasteiger charge is -2.37. The van der Waals surface area contributed by atoms with Gasteiger partial charge in [0.1, 0.15) is 5.76 Å². The molecule has 15 heavy (non-hydrogen) atoms. The van der Waals surface area contributed by atoms with Gasteiger partial charge in [0.15, 0.2) is 0 Å². The molecular formula is C12H20N2O. The van der Waals surface area contributed by atoms with Gasteiger partial charge < -0.3 is 10.2 Å². The first-order valence-electron chi connectivity index (χ1n) is 5.78. The lowest BCUT2D eigenvalue weighted by molar-refractivity contribution is 0.176. The summed E-state index contributed by atoms with van der Waals surface area (Å²) in [4.78, 5) is 4.18. The molecule has 3 nitrogen and oxygen atoms in total. The van der Waals surface area contributed by atoms with Crippen LogP contribution >= 0.6 is 0 Å². The van der Waals surface area contributed by atoms with Crippen LogP contribution in [-0.2, 0) is 6.54 Å². The summed E-state index contributed by atoms with van der Waals surface area (Å²) < 4.78 is 5.67. The highest BCUT2D eigenvalue weighted by Crippen LogP contribution is 2.46. The molecule has 2 rings (SSSR count). The summed E-state index contributed by atoms with van der Waals surface area (Å²) in [5, 5.41) is 0. The number of aromatic nitrogens is 1. The van der Waals surface area contributed by atoms with Crippen molar-refractivity contribution in [2.45, 2.75) is 52.0 Å². The molecule has 0 bridgehead atoms. The summed E-state index contributed by atoms with van der Waals surface area (Å²) in [5.41, 5.74) is 5.84. The van der Waals surface area contributed by atoms with Crippen LogP contribution < -0.4 is 5.73 Å². The van der Waals surface area contributed by atoms with Crippen LogP contribution in [0.5, 0.6) is 0 Å². The van der Waals surface area contributed by atoms with Gasteiger partial charge in [-0.25, -0.2) is 4.98 Å². The van der Waals surface area contributed by atoms with Crippen molar-refractivity contribution in [3.05, 3.63) is 17.8 Å². The molecule has 0 spiro atoms. The molecule has 1 saturated carbocycles. The van der Waals surface area contributed by atoms with Crippen LogP contribution in [0.2, 0.25) is 0 Å². The predicted molar refractivity (Wildman–Crippen MR) is 59.4 cm³/mol. The van der Waals surface area contributed by atoms with Crippen molar-refractivity contribution in [1.29, 1.82) is 0 Å². The minimum atomic E-state index is 0.337. The fourth-order valence-corrected chi connectivity index (χ4v) is 2.60. The molecule has 1 fully saturated rings. The van der Waals surface area contributed by atoms with Gasteiger partial charge in [0.2, 0.25) is 5.89 Å². The molecule has 1 unspecified atom stereocenters. The van der Waals surface area contributed by atoms with Gasteiger partial charge in [-0.05, 0) is 18.3 Å². The van der Waals surface area contributed by atoms with Crippen LogP contribution in [0.25, 0.3) is 0 Å². The van der Waals surface area contributed by atoms with Crippen molar-refractivity contribution in [3.63, 3.8) is 0 Å². The van der Waals surface area contributed by atoms with E-state index in [2.05, 4.69) is 18.8 Å². The topological polar surface area (TPSA) is 52.0 Å². The van der Waals surface area contributed by atoms with Crippen LogP contribution in [0, 0.1) is 5.41 Å². The predicted octanol–water partition coefficient (Wildman–Crippen LogP) is 2.82. The average molecular weight is 208 g/mol. The zero-order chi connectivity index (χ0) is 10.9. The highest BCUT2D eigenvalue weighted by atomic mass is 16.4. The number of rotatable bonds is 2. The first-order valence-corrected chi connectivity index (χ1v) is 5.78. The first-order chi connectivity index (χ1) is 7.13. The average Bonchev–Trinajstić information content (AvgIpc) is 2.65. The Balaban J connectivity index is 2.21. The maximum Gasteiger partial charge on any atom is 0.208 e. The Labute approximate surface area is 91.1 Å². The fraction of sp³-hybridized carbons (Fsp3) is 0.750. The third kappa shape index (κ3) is 2.07. The van der Waals surface area contributed by atoms with Crippen molar-refractivity contribution in [2.24, 2.45) is 11.1 Å². The summed E-state index contributed by atoms with van der Waals surface area (Å²) in [7, 11) is 0. The lowest BCUT2D eigenvalue weighted by atomic mass is 9.68. The largest absolute Gasteiger partial charge is 0.444 e. The number of hydrogen-bond donors (Lipinski definition) is 1. The van der Waals surface area contributed by atoms with Gasteiger partial charge in [-0.1, -0.05) is 26.7 Å². The highest BCUT2D eigenvalue weighted by Gasteiger charge is 2.35. The Morgan fingerprint density at radius 1 is 1.53 bits per heavy atom. The Morgan fingerprint density at radius 2 is 2.33 bits per heavy atom. The van der Waals surface area contributed by atoms with E-state index >= 15 is 0 Å². The molecule has 1 aliphatic carbocycles. The van der Waals surface area contributed by atoms with E-state index in [1.165, 1.54) is 25.7 Å². The van der Waals surface area contributed by atoms with E-state index in [9.17, 15) is 0 Å². The van der Waals surface area contributed by atoms with E-state index in [1.54, 1.807) is 0 Å². The third-order valence-electron chi connectivity index (χ3n) is 3.60. The maximum absolute atomic E-state index is 5.67. The summed E-state index contributed by atoms with van der Waals surface area (Å²) in [5.74, 6) is 2.20. The van der Waals surface area contributed by atoms with E-state index in [4.69, 9.17) is 10.2 Å². The molecule has 0 radical (unpaired) electrons. The van der Waals surface area contributed by atoms with Crippen LogP contribution in [0.4, 0.5) is 0 Å². The van der Waals surface area contributed by atoms with E-state index < -0.39 is 0 Å². The molecule has 1 aromatic heterocycles. The van der Waals surface area contributed by atoms with Crippen LogP contribution in [-0.4, -0.2) is 4.98 Å².